The van der Waals surface area contributed by atoms with Gasteiger partial charge in [0.15, 0.2) is 0 Å². The third-order valence-electron chi connectivity index (χ3n) is 7.35. The van der Waals surface area contributed by atoms with Crippen LogP contribution in [-0.4, -0.2) is 89.6 Å². The number of likely N-dealkylation sites (N-methyl/N-ethyl adjacent to an activating group) is 1. The zero-order valence-corrected chi connectivity index (χ0v) is 20.2. The number of amides is 3. The lowest BCUT2D eigenvalue weighted by Crippen LogP contribution is -2.52. The van der Waals surface area contributed by atoms with Gasteiger partial charge in [0, 0.05) is 50.6 Å². The molecule has 1 aliphatic carbocycles. The third kappa shape index (κ3) is 6.69. The normalized spacial score (nSPS) is 23.5. The second-order valence-electron chi connectivity index (χ2n) is 9.77. The number of carboxylic acid groups (broad SMARTS) is 1. The number of hydrogen-bond donors (Lipinski definition) is 2. The molecule has 2 aliphatic rings. The number of piperazine rings is 1. The maximum absolute atomic E-state index is 12.5. The highest BCUT2D eigenvalue weighted by Crippen LogP contribution is 2.35. The van der Waals surface area contributed by atoms with Crippen LogP contribution in [0.3, 0.4) is 0 Å². The lowest BCUT2D eigenvalue weighted by Gasteiger charge is -2.45. The molecule has 0 spiro atoms. The van der Waals surface area contributed by atoms with Crippen molar-refractivity contribution in [1.29, 1.82) is 0 Å². The molecule has 0 atom stereocenters. The quantitative estimate of drug-likeness (QED) is 0.655. The van der Waals surface area contributed by atoms with Gasteiger partial charge in [-0.1, -0.05) is 29.8 Å². The Kier molecular flexibility index (Phi) is 8.35. The van der Waals surface area contributed by atoms with Crippen LogP contribution in [0.4, 0.5) is 4.79 Å². The summed E-state index contributed by atoms with van der Waals surface area (Å²) < 4.78 is 0. The fourth-order valence-electron chi connectivity index (χ4n) is 4.99. The van der Waals surface area contributed by atoms with Gasteiger partial charge >= 0.3 is 6.09 Å². The summed E-state index contributed by atoms with van der Waals surface area (Å²) in [5.74, 6) is -0.156. The van der Waals surface area contributed by atoms with E-state index in [2.05, 4.69) is 55.5 Å². The predicted octanol–water partition coefficient (Wildman–Crippen LogP) is 2.50. The smallest absolute Gasteiger partial charge is 0.407 e. The summed E-state index contributed by atoms with van der Waals surface area (Å²) in [5.41, 5.74) is 2.72. The molecule has 8 nitrogen and oxygen atoms in total. The molecular formula is C25H38N4O4. The van der Waals surface area contributed by atoms with Crippen LogP contribution >= 0.6 is 0 Å². The summed E-state index contributed by atoms with van der Waals surface area (Å²) in [4.78, 5) is 41.2. The molecule has 2 fully saturated rings. The van der Waals surface area contributed by atoms with Crippen LogP contribution in [0.1, 0.15) is 49.7 Å². The van der Waals surface area contributed by atoms with E-state index in [0.717, 1.165) is 32.1 Å². The molecule has 0 radical (unpaired) electrons. The molecule has 182 valence electrons. The molecule has 2 N–H and O–H groups in total. The maximum Gasteiger partial charge on any atom is 0.407 e. The fourth-order valence-corrected chi connectivity index (χ4v) is 4.99. The predicted molar refractivity (Wildman–Crippen MR) is 127 cm³/mol. The van der Waals surface area contributed by atoms with E-state index in [-0.39, 0.29) is 36.2 Å². The Morgan fingerprint density at radius 2 is 1.58 bits per heavy atom. The summed E-state index contributed by atoms with van der Waals surface area (Å²) in [6.45, 7) is 3.54. The van der Waals surface area contributed by atoms with Gasteiger partial charge in [-0.15, -0.1) is 0 Å². The first-order valence-electron chi connectivity index (χ1n) is 12.0. The van der Waals surface area contributed by atoms with E-state index in [9.17, 15) is 14.4 Å². The van der Waals surface area contributed by atoms with E-state index in [1.165, 1.54) is 16.0 Å². The van der Waals surface area contributed by atoms with E-state index in [1.54, 1.807) is 4.90 Å². The highest BCUT2D eigenvalue weighted by Gasteiger charge is 2.37. The molecule has 1 saturated carbocycles. The molecular weight excluding hydrogens is 420 g/mol. The minimum Gasteiger partial charge on any atom is -0.465 e. The number of benzene rings is 1. The minimum absolute atomic E-state index is 0.0755. The zero-order valence-electron chi connectivity index (χ0n) is 20.2. The van der Waals surface area contributed by atoms with Crippen molar-refractivity contribution in [3.05, 3.63) is 35.4 Å². The van der Waals surface area contributed by atoms with Crippen molar-refractivity contribution < 1.29 is 19.5 Å². The first-order chi connectivity index (χ1) is 15.7. The maximum atomic E-state index is 12.5. The average molecular weight is 459 g/mol. The van der Waals surface area contributed by atoms with Crippen LogP contribution in [0, 0.1) is 6.92 Å². The highest BCUT2D eigenvalue weighted by atomic mass is 16.4. The molecule has 1 aliphatic heterocycles. The summed E-state index contributed by atoms with van der Waals surface area (Å²) in [6.07, 6.45) is 4.30. The van der Waals surface area contributed by atoms with Crippen molar-refractivity contribution in [2.45, 2.75) is 63.5 Å². The van der Waals surface area contributed by atoms with E-state index >= 15 is 0 Å². The van der Waals surface area contributed by atoms with Crippen molar-refractivity contribution in [1.82, 2.24) is 20.0 Å². The number of hydrogen-bond acceptors (Lipinski definition) is 4. The van der Waals surface area contributed by atoms with Gasteiger partial charge in [0.25, 0.3) is 0 Å². The van der Waals surface area contributed by atoms with Crippen molar-refractivity contribution >= 4 is 17.9 Å². The van der Waals surface area contributed by atoms with Crippen LogP contribution in [-0.2, 0) is 16.0 Å². The lowest BCUT2D eigenvalue weighted by molar-refractivity contribution is -0.135. The molecule has 3 amide bonds. The van der Waals surface area contributed by atoms with E-state index < -0.39 is 6.09 Å². The summed E-state index contributed by atoms with van der Waals surface area (Å²) in [6, 6.07) is 8.91. The molecule has 1 heterocycles. The van der Waals surface area contributed by atoms with Gasteiger partial charge in [-0.3, -0.25) is 9.59 Å². The van der Waals surface area contributed by atoms with Crippen LogP contribution in [0.15, 0.2) is 24.3 Å². The SMILES string of the molecule is Cc1ccc(CC2(N(C)C)CCC(NC(=O)CCC(=O)N3CCN(C(=O)O)CC3)CC2)cc1. The van der Waals surface area contributed by atoms with Crippen LogP contribution < -0.4 is 5.32 Å². The van der Waals surface area contributed by atoms with Gasteiger partial charge in [0.1, 0.15) is 0 Å². The van der Waals surface area contributed by atoms with Crippen LogP contribution in [0.5, 0.6) is 0 Å². The molecule has 3 rings (SSSR count). The molecule has 0 bridgehead atoms. The first-order valence-corrected chi connectivity index (χ1v) is 12.0. The van der Waals surface area contributed by atoms with Gasteiger partial charge in [-0.2, -0.15) is 0 Å². The Hall–Kier alpha value is -2.61. The van der Waals surface area contributed by atoms with Gasteiger partial charge in [-0.05, 0) is 58.7 Å². The molecule has 1 saturated heterocycles. The Labute approximate surface area is 196 Å². The van der Waals surface area contributed by atoms with Gasteiger partial charge < -0.3 is 25.1 Å². The summed E-state index contributed by atoms with van der Waals surface area (Å²) >= 11 is 0. The number of nitrogens with one attached hydrogen (secondary N) is 1. The third-order valence-corrected chi connectivity index (χ3v) is 7.35. The van der Waals surface area contributed by atoms with Gasteiger partial charge in [0.05, 0.1) is 0 Å². The minimum atomic E-state index is -0.953. The summed E-state index contributed by atoms with van der Waals surface area (Å²) in [7, 11) is 4.30. The Morgan fingerprint density at radius 1 is 1.00 bits per heavy atom. The molecule has 1 aromatic carbocycles. The van der Waals surface area contributed by atoms with E-state index in [1.807, 2.05) is 0 Å². The van der Waals surface area contributed by atoms with Crippen molar-refractivity contribution in [3.8, 4) is 0 Å². The Bertz CT molecular complexity index is 823. The molecule has 8 heteroatoms. The van der Waals surface area contributed by atoms with Gasteiger partial charge in [-0.25, -0.2) is 4.79 Å². The average Bonchev–Trinajstić information content (AvgIpc) is 2.80. The van der Waals surface area contributed by atoms with Crippen molar-refractivity contribution in [2.75, 3.05) is 40.3 Å². The van der Waals surface area contributed by atoms with E-state index in [4.69, 9.17) is 5.11 Å². The van der Waals surface area contributed by atoms with Crippen LogP contribution in [0.25, 0.3) is 0 Å². The zero-order chi connectivity index (χ0) is 24.0. The second-order valence-corrected chi connectivity index (χ2v) is 9.77. The van der Waals surface area contributed by atoms with Crippen molar-refractivity contribution in [2.24, 2.45) is 0 Å². The fraction of sp³-hybridized carbons (Fsp3) is 0.640. The highest BCUT2D eigenvalue weighted by molar-refractivity contribution is 5.84. The largest absolute Gasteiger partial charge is 0.465 e. The molecule has 0 aromatic heterocycles. The Balaban J connectivity index is 1.42. The van der Waals surface area contributed by atoms with Crippen LogP contribution in [0.2, 0.25) is 0 Å². The van der Waals surface area contributed by atoms with Crippen molar-refractivity contribution in [3.63, 3.8) is 0 Å². The number of carbonyl (C=O) groups is 3. The first kappa shape index (κ1) is 25.0. The monoisotopic (exact) mass is 458 g/mol. The number of carbonyl (C=O) groups excluding carboxylic acids is 2. The lowest BCUT2D eigenvalue weighted by atomic mass is 9.74. The second kappa shape index (κ2) is 11.0. The molecule has 1 aromatic rings. The standard InChI is InChI=1S/C25H38N4O4/c1-19-4-6-20(7-5-19)18-25(27(2)3)12-10-21(11-13-25)26-22(30)8-9-23(31)28-14-16-29(17-15-28)24(32)33/h4-7,21H,8-18H2,1-3H3,(H,26,30)(H,32,33). The Morgan fingerprint density at radius 3 is 2.12 bits per heavy atom. The number of rotatable bonds is 7. The number of nitrogens with zero attached hydrogens (tertiary/aromatic N) is 3. The topological polar surface area (TPSA) is 93.2 Å². The summed E-state index contributed by atoms with van der Waals surface area (Å²) in [5, 5.41) is 12.1. The molecule has 0 unspecified atom stereocenters. The van der Waals surface area contributed by atoms with Gasteiger partial charge in [0.2, 0.25) is 11.8 Å². The van der Waals surface area contributed by atoms with E-state index in [0.29, 0.717) is 26.2 Å². The molecule has 33 heavy (non-hydrogen) atoms. The number of aryl methyl sites for hydroxylation is 1.